The van der Waals surface area contributed by atoms with Crippen LogP contribution < -0.4 is 17.2 Å². The van der Waals surface area contributed by atoms with Crippen molar-refractivity contribution in [3.63, 3.8) is 0 Å². The van der Waals surface area contributed by atoms with E-state index in [-0.39, 0.29) is 12.4 Å². The largest absolute Gasteiger partial charge is 1.00 e. The van der Waals surface area contributed by atoms with E-state index in [9.17, 15) is 0 Å². The van der Waals surface area contributed by atoms with Gasteiger partial charge in [0.25, 0.3) is 0 Å². The van der Waals surface area contributed by atoms with Gasteiger partial charge in [0.15, 0.2) is 5.75 Å². The number of allylic oxidation sites excluding steroid dienone is 1. The van der Waals surface area contributed by atoms with Gasteiger partial charge in [-0.05, 0) is 25.5 Å². The van der Waals surface area contributed by atoms with Crippen molar-refractivity contribution in [1.29, 1.82) is 0 Å². The number of hydrogen-bond donors (Lipinski definition) is 0. The molecule has 1 aromatic rings. The number of hydroxylamine groups is 3. The van der Waals surface area contributed by atoms with Gasteiger partial charge in [-0.3, -0.25) is 0 Å². The third kappa shape index (κ3) is 5.56. The van der Waals surface area contributed by atoms with Crippen LogP contribution in [0.2, 0.25) is 0 Å². The summed E-state index contributed by atoms with van der Waals surface area (Å²) in [7, 11) is 2.13. The summed E-state index contributed by atoms with van der Waals surface area (Å²) in [5.74, 6) is 1.52. The predicted molar refractivity (Wildman–Crippen MR) is 72.6 cm³/mol. The molecule has 0 saturated carbocycles. The van der Waals surface area contributed by atoms with Crippen LogP contribution in [-0.2, 0) is 0 Å². The number of benzene rings is 1. The fourth-order valence-electron chi connectivity index (χ4n) is 1.99. The Morgan fingerprint density at radius 1 is 1.33 bits per heavy atom. The van der Waals surface area contributed by atoms with Crippen LogP contribution >= 0.6 is 0 Å². The van der Waals surface area contributed by atoms with Crippen molar-refractivity contribution < 1.29 is 21.9 Å². The second-order valence-corrected chi connectivity index (χ2v) is 4.83. The van der Waals surface area contributed by atoms with E-state index in [0.29, 0.717) is 10.6 Å². The van der Waals surface area contributed by atoms with Crippen LogP contribution in [0.5, 0.6) is 5.75 Å². The zero-order chi connectivity index (χ0) is 12.7. The highest BCUT2D eigenvalue weighted by molar-refractivity contribution is 5.20. The van der Waals surface area contributed by atoms with Crippen molar-refractivity contribution in [2.45, 2.75) is 20.3 Å². The first-order chi connectivity index (χ1) is 8.09. The average Bonchev–Trinajstić information content (AvgIpc) is 2.30. The SMILES string of the molecule is C=CCC(C)C[N+](C)(CC)Oc1ccccc1.[Cl-]. The van der Waals surface area contributed by atoms with Gasteiger partial charge in [-0.1, -0.05) is 31.2 Å². The van der Waals surface area contributed by atoms with Crippen LogP contribution in [0.1, 0.15) is 20.3 Å². The molecule has 2 nitrogen and oxygen atoms in total. The monoisotopic (exact) mass is 269 g/mol. The highest BCUT2D eigenvalue weighted by atomic mass is 35.5. The Balaban J connectivity index is 0.00000289. The average molecular weight is 270 g/mol. The van der Waals surface area contributed by atoms with Gasteiger partial charge in [-0.2, -0.15) is 0 Å². The van der Waals surface area contributed by atoms with Crippen molar-refractivity contribution >= 4 is 0 Å². The molecule has 0 amide bonds. The van der Waals surface area contributed by atoms with Crippen LogP contribution in [-0.4, -0.2) is 24.8 Å². The number of rotatable bonds is 7. The summed E-state index contributed by atoms with van der Waals surface area (Å²) in [6, 6.07) is 10.0. The summed E-state index contributed by atoms with van der Waals surface area (Å²) in [5, 5.41) is 0. The lowest BCUT2D eigenvalue weighted by Crippen LogP contribution is -3.00. The molecule has 0 saturated heterocycles. The Bertz CT molecular complexity index is 342. The third-order valence-corrected chi connectivity index (χ3v) is 3.00. The molecule has 0 N–H and O–H groups in total. The third-order valence-electron chi connectivity index (χ3n) is 3.00. The first-order valence-corrected chi connectivity index (χ1v) is 6.29. The summed E-state index contributed by atoms with van der Waals surface area (Å²) in [6.07, 6.45) is 3.01. The van der Waals surface area contributed by atoms with Crippen molar-refractivity contribution in [2.75, 3.05) is 20.1 Å². The second kappa shape index (κ2) is 8.17. The fourth-order valence-corrected chi connectivity index (χ4v) is 1.99. The fraction of sp³-hybridized carbons (Fsp3) is 0.467. The molecule has 2 unspecified atom stereocenters. The predicted octanol–water partition coefficient (Wildman–Crippen LogP) is 0.663. The van der Waals surface area contributed by atoms with Crippen molar-refractivity contribution in [1.82, 2.24) is 0 Å². The summed E-state index contributed by atoms with van der Waals surface area (Å²) >= 11 is 0. The maximum Gasteiger partial charge on any atom is 0.190 e. The van der Waals surface area contributed by atoms with Gasteiger partial charge in [-0.25, -0.2) is 0 Å². The van der Waals surface area contributed by atoms with Crippen LogP contribution in [0, 0.1) is 5.92 Å². The molecule has 3 heteroatoms. The molecule has 0 aliphatic rings. The Kier molecular flexibility index (Phi) is 7.72. The van der Waals surface area contributed by atoms with Crippen LogP contribution in [0.15, 0.2) is 43.0 Å². The van der Waals surface area contributed by atoms with Gasteiger partial charge >= 0.3 is 0 Å². The Morgan fingerprint density at radius 2 is 1.94 bits per heavy atom. The summed E-state index contributed by atoms with van der Waals surface area (Å²) in [5.41, 5.74) is 0. The molecular weight excluding hydrogens is 246 g/mol. The Hall–Kier alpha value is -0.990. The Labute approximate surface area is 117 Å². The normalized spacial score (nSPS) is 15.1. The maximum absolute atomic E-state index is 6.07. The van der Waals surface area contributed by atoms with E-state index >= 15 is 0 Å². The molecule has 0 fully saturated rings. The number of nitrogens with zero attached hydrogens (tertiary/aromatic N) is 1. The first kappa shape index (κ1) is 17.0. The van der Waals surface area contributed by atoms with E-state index in [2.05, 4.69) is 27.5 Å². The molecule has 0 aliphatic heterocycles. The zero-order valence-electron chi connectivity index (χ0n) is 11.6. The molecule has 0 bridgehead atoms. The minimum atomic E-state index is 0. The molecule has 18 heavy (non-hydrogen) atoms. The number of halogens is 1. The van der Waals surface area contributed by atoms with Gasteiger partial charge in [0.2, 0.25) is 0 Å². The van der Waals surface area contributed by atoms with Crippen molar-refractivity contribution in [2.24, 2.45) is 5.92 Å². The van der Waals surface area contributed by atoms with Gasteiger partial charge in [0, 0.05) is 5.92 Å². The molecule has 2 atom stereocenters. The minimum Gasteiger partial charge on any atom is -1.00 e. The number of quaternary nitrogens is 1. The lowest BCUT2D eigenvalue weighted by atomic mass is 10.1. The minimum absolute atomic E-state index is 0. The molecule has 0 heterocycles. The molecule has 0 aliphatic carbocycles. The maximum atomic E-state index is 6.07. The lowest BCUT2D eigenvalue weighted by Gasteiger charge is -2.32. The van der Waals surface area contributed by atoms with Gasteiger partial charge in [0.05, 0.1) is 0 Å². The van der Waals surface area contributed by atoms with E-state index < -0.39 is 0 Å². The smallest absolute Gasteiger partial charge is 0.190 e. The van der Waals surface area contributed by atoms with Gasteiger partial charge in [-0.15, -0.1) is 11.2 Å². The number of para-hydroxylation sites is 1. The molecule has 0 radical (unpaired) electrons. The quantitative estimate of drug-likeness (QED) is 0.402. The van der Waals surface area contributed by atoms with Crippen molar-refractivity contribution in [3.05, 3.63) is 43.0 Å². The Morgan fingerprint density at radius 3 is 2.44 bits per heavy atom. The molecule has 1 rings (SSSR count). The van der Waals surface area contributed by atoms with E-state index in [4.69, 9.17) is 4.84 Å². The standard InChI is InChI=1S/C15H24NO.ClH/c1-5-10-14(3)13-16(4,6-2)17-15-11-8-7-9-12-15;/h5,7-9,11-12,14H,1,6,10,13H2,2-4H3;1H/q+1;/p-1. The molecule has 0 aromatic heterocycles. The van der Waals surface area contributed by atoms with Crippen LogP contribution in [0.25, 0.3) is 0 Å². The first-order valence-electron chi connectivity index (χ1n) is 6.29. The molecule has 102 valence electrons. The van der Waals surface area contributed by atoms with Gasteiger partial charge < -0.3 is 17.2 Å². The highest BCUT2D eigenvalue weighted by Gasteiger charge is 2.25. The van der Waals surface area contributed by atoms with Crippen LogP contribution in [0.3, 0.4) is 0 Å². The molecular formula is C15H24ClNO. The second-order valence-electron chi connectivity index (χ2n) is 4.83. The topological polar surface area (TPSA) is 9.23 Å². The summed E-state index contributed by atoms with van der Waals surface area (Å²) in [6.45, 7) is 10.1. The van der Waals surface area contributed by atoms with E-state index in [1.807, 2.05) is 36.4 Å². The van der Waals surface area contributed by atoms with Crippen LogP contribution in [0.4, 0.5) is 0 Å². The molecule has 1 aromatic carbocycles. The highest BCUT2D eigenvalue weighted by Crippen LogP contribution is 2.18. The summed E-state index contributed by atoms with van der Waals surface area (Å²) < 4.78 is 0.610. The summed E-state index contributed by atoms with van der Waals surface area (Å²) in [4.78, 5) is 6.07. The lowest BCUT2D eigenvalue weighted by molar-refractivity contribution is -1.06. The van der Waals surface area contributed by atoms with E-state index in [1.54, 1.807) is 0 Å². The zero-order valence-corrected chi connectivity index (χ0v) is 12.4. The van der Waals surface area contributed by atoms with Crippen molar-refractivity contribution in [3.8, 4) is 5.75 Å². The van der Waals surface area contributed by atoms with Gasteiger partial charge in [0.1, 0.15) is 20.1 Å². The molecule has 0 spiro atoms. The van der Waals surface area contributed by atoms with E-state index in [0.717, 1.165) is 25.3 Å². The number of hydrogen-bond acceptors (Lipinski definition) is 1. The van der Waals surface area contributed by atoms with E-state index in [1.165, 1.54) is 0 Å².